The van der Waals surface area contributed by atoms with Gasteiger partial charge in [-0.25, -0.2) is 0 Å². The van der Waals surface area contributed by atoms with E-state index in [2.05, 4.69) is 5.32 Å². The van der Waals surface area contributed by atoms with Gasteiger partial charge in [0.15, 0.2) is 0 Å². The van der Waals surface area contributed by atoms with Crippen molar-refractivity contribution in [2.45, 2.75) is 38.6 Å². The molecule has 26 heavy (non-hydrogen) atoms. The summed E-state index contributed by atoms with van der Waals surface area (Å²) in [6, 6.07) is 6.73. The second-order valence-electron chi connectivity index (χ2n) is 6.34. The molecule has 2 heterocycles. The fraction of sp³-hybridized carbons (Fsp3) is 0.333. The monoisotopic (exact) mass is 366 g/mol. The highest BCUT2D eigenvalue weighted by Gasteiger charge is 2.33. The highest BCUT2D eigenvalue weighted by Crippen LogP contribution is 2.35. The van der Waals surface area contributed by atoms with Crippen LogP contribution in [0.25, 0.3) is 0 Å². The molecule has 0 saturated heterocycles. The van der Waals surface area contributed by atoms with Crippen LogP contribution in [0.2, 0.25) is 0 Å². The minimum Gasteiger partial charge on any atom is -0.490 e. The molecular weight excluding hydrogens is 349 g/mol. The van der Waals surface area contributed by atoms with Crippen LogP contribution in [-0.2, 0) is 6.18 Å². The lowest BCUT2D eigenvalue weighted by Gasteiger charge is -2.31. The smallest absolute Gasteiger partial charge is 0.431 e. The molecule has 1 aromatic carbocycles. The van der Waals surface area contributed by atoms with Crippen molar-refractivity contribution in [1.82, 2.24) is 10.3 Å². The van der Waals surface area contributed by atoms with E-state index in [0.717, 1.165) is 17.2 Å². The Morgan fingerprint density at radius 2 is 2.00 bits per heavy atom. The predicted molar refractivity (Wildman–Crippen MR) is 88.2 cm³/mol. The second kappa shape index (κ2) is 6.51. The van der Waals surface area contributed by atoms with Gasteiger partial charge in [0.05, 0.1) is 12.1 Å². The summed E-state index contributed by atoms with van der Waals surface area (Å²) in [5, 5.41) is 2.72. The van der Waals surface area contributed by atoms with E-state index >= 15 is 0 Å². The SMILES string of the molecule is Cc1ccc2c(c1)OC(C)CC2NC(=O)c1ccc(C(F)(F)F)[nH]c1=O. The summed E-state index contributed by atoms with van der Waals surface area (Å²) in [6.07, 6.45) is -4.35. The lowest BCUT2D eigenvalue weighted by molar-refractivity contribution is -0.141. The van der Waals surface area contributed by atoms with Crippen LogP contribution in [0.5, 0.6) is 5.75 Å². The van der Waals surface area contributed by atoms with Crippen molar-refractivity contribution >= 4 is 5.91 Å². The number of carbonyl (C=O) groups excluding carboxylic acids is 1. The number of aryl methyl sites for hydroxylation is 1. The Bertz CT molecular complexity index is 905. The van der Waals surface area contributed by atoms with Crippen molar-refractivity contribution in [1.29, 1.82) is 0 Å². The summed E-state index contributed by atoms with van der Waals surface area (Å²) >= 11 is 0. The minimum atomic E-state index is -4.68. The molecule has 0 saturated carbocycles. The molecule has 1 aliphatic rings. The van der Waals surface area contributed by atoms with E-state index in [4.69, 9.17) is 4.74 Å². The number of carbonyl (C=O) groups is 1. The van der Waals surface area contributed by atoms with E-state index < -0.39 is 29.4 Å². The minimum absolute atomic E-state index is 0.152. The van der Waals surface area contributed by atoms with Crippen LogP contribution in [-0.4, -0.2) is 17.0 Å². The van der Waals surface area contributed by atoms with Crippen molar-refractivity contribution in [3.8, 4) is 5.75 Å². The molecule has 0 aliphatic carbocycles. The van der Waals surface area contributed by atoms with Crippen LogP contribution in [0.3, 0.4) is 0 Å². The number of halogens is 3. The summed E-state index contributed by atoms with van der Waals surface area (Å²) < 4.78 is 43.7. The van der Waals surface area contributed by atoms with Crippen molar-refractivity contribution < 1.29 is 22.7 Å². The normalized spacial score (nSPS) is 19.4. The Hall–Kier alpha value is -2.77. The third-order valence-electron chi connectivity index (χ3n) is 4.21. The van der Waals surface area contributed by atoms with Gasteiger partial charge in [0.1, 0.15) is 17.0 Å². The first-order valence-corrected chi connectivity index (χ1v) is 8.03. The van der Waals surface area contributed by atoms with Gasteiger partial charge in [0.25, 0.3) is 11.5 Å². The zero-order valence-electron chi connectivity index (χ0n) is 14.1. The molecule has 2 aromatic rings. The first-order valence-electron chi connectivity index (χ1n) is 8.03. The summed E-state index contributed by atoms with van der Waals surface area (Å²) in [5.41, 5.74) is -0.876. The molecular formula is C18H17F3N2O3. The molecule has 3 rings (SSSR count). The largest absolute Gasteiger partial charge is 0.490 e. The van der Waals surface area contributed by atoms with Gasteiger partial charge >= 0.3 is 6.18 Å². The van der Waals surface area contributed by atoms with E-state index in [-0.39, 0.29) is 11.7 Å². The standard InChI is InChI=1S/C18H17F3N2O3/c1-9-3-4-11-13(8-10(2)26-14(11)7-9)22-16(24)12-5-6-15(18(19,20)21)23-17(12)25/h3-7,10,13H,8H2,1-2H3,(H,22,24)(H,23,25). The summed E-state index contributed by atoms with van der Waals surface area (Å²) in [4.78, 5) is 26.0. The van der Waals surface area contributed by atoms with Crippen LogP contribution >= 0.6 is 0 Å². The number of H-pyrrole nitrogens is 1. The van der Waals surface area contributed by atoms with Gasteiger partial charge in [-0.1, -0.05) is 12.1 Å². The number of aromatic amines is 1. The third-order valence-corrected chi connectivity index (χ3v) is 4.21. The molecule has 0 spiro atoms. The molecule has 8 heteroatoms. The van der Waals surface area contributed by atoms with Crippen LogP contribution in [0.1, 0.15) is 46.6 Å². The van der Waals surface area contributed by atoms with E-state index in [1.807, 2.05) is 32.0 Å². The van der Waals surface area contributed by atoms with Gasteiger partial charge in [0, 0.05) is 12.0 Å². The number of pyridine rings is 1. The third kappa shape index (κ3) is 3.58. The number of alkyl halides is 3. The first kappa shape index (κ1) is 18.0. The zero-order chi connectivity index (χ0) is 19.1. The number of amides is 1. The lowest BCUT2D eigenvalue weighted by atomic mass is 9.95. The van der Waals surface area contributed by atoms with Gasteiger partial charge in [-0.15, -0.1) is 0 Å². The van der Waals surface area contributed by atoms with Crippen molar-refractivity contribution in [3.63, 3.8) is 0 Å². The summed E-state index contributed by atoms with van der Waals surface area (Å²) in [5.74, 6) is -0.0824. The number of aromatic nitrogens is 1. The summed E-state index contributed by atoms with van der Waals surface area (Å²) in [6.45, 7) is 3.77. The lowest BCUT2D eigenvalue weighted by Crippen LogP contribution is -2.37. The van der Waals surface area contributed by atoms with Crippen LogP contribution in [0, 0.1) is 6.92 Å². The van der Waals surface area contributed by atoms with E-state index in [1.54, 1.807) is 4.98 Å². The maximum Gasteiger partial charge on any atom is 0.431 e. The Kier molecular flexibility index (Phi) is 4.52. The molecule has 5 nitrogen and oxygen atoms in total. The number of hydrogen-bond donors (Lipinski definition) is 2. The fourth-order valence-electron chi connectivity index (χ4n) is 2.95. The number of ether oxygens (including phenoxy) is 1. The topological polar surface area (TPSA) is 71.2 Å². The van der Waals surface area contributed by atoms with Gasteiger partial charge in [-0.05, 0) is 37.6 Å². The number of rotatable bonds is 2. The molecule has 2 N–H and O–H groups in total. The van der Waals surface area contributed by atoms with Gasteiger partial charge in [0.2, 0.25) is 0 Å². The molecule has 1 aliphatic heterocycles. The van der Waals surface area contributed by atoms with Gasteiger partial charge in [-0.3, -0.25) is 9.59 Å². The second-order valence-corrected chi connectivity index (χ2v) is 6.34. The molecule has 0 bridgehead atoms. The fourth-order valence-corrected chi connectivity index (χ4v) is 2.95. The average molecular weight is 366 g/mol. The van der Waals surface area contributed by atoms with E-state index in [1.165, 1.54) is 0 Å². The van der Waals surface area contributed by atoms with Gasteiger partial charge in [-0.2, -0.15) is 13.2 Å². The molecule has 0 radical (unpaired) electrons. The summed E-state index contributed by atoms with van der Waals surface area (Å²) in [7, 11) is 0. The van der Waals surface area contributed by atoms with Crippen molar-refractivity contribution in [2.24, 2.45) is 0 Å². The van der Waals surface area contributed by atoms with Crippen LogP contribution in [0.4, 0.5) is 13.2 Å². The molecule has 0 fully saturated rings. The maximum absolute atomic E-state index is 12.6. The molecule has 2 atom stereocenters. The van der Waals surface area contributed by atoms with Crippen molar-refractivity contribution in [3.05, 3.63) is 63.1 Å². The highest BCUT2D eigenvalue weighted by molar-refractivity contribution is 5.94. The molecule has 1 amide bonds. The van der Waals surface area contributed by atoms with E-state index in [9.17, 15) is 22.8 Å². The van der Waals surface area contributed by atoms with Crippen LogP contribution < -0.4 is 15.6 Å². The quantitative estimate of drug-likeness (QED) is 0.856. The number of fused-ring (bicyclic) bond motifs is 1. The van der Waals surface area contributed by atoms with Crippen LogP contribution in [0.15, 0.2) is 35.1 Å². The Morgan fingerprint density at radius 3 is 2.65 bits per heavy atom. The number of nitrogens with one attached hydrogen (secondary N) is 2. The predicted octanol–water partition coefficient (Wildman–Crippen LogP) is 3.34. The average Bonchev–Trinajstić information content (AvgIpc) is 2.53. The van der Waals surface area contributed by atoms with E-state index in [0.29, 0.717) is 18.2 Å². The Balaban J connectivity index is 1.86. The Morgan fingerprint density at radius 1 is 1.27 bits per heavy atom. The number of hydrogen-bond acceptors (Lipinski definition) is 3. The first-order chi connectivity index (χ1) is 12.1. The Labute approximate surface area is 147 Å². The highest BCUT2D eigenvalue weighted by atomic mass is 19.4. The molecule has 2 unspecified atom stereocenters. The molecule has 1 aromatic heterocycles. The maximum atomic E-state index is 12.6. The molecule has 138 valence electrons. The zero-order valence-corrected chi connectivity index (χ0v) is 14.1. The number of benzene rings is 1. The van der Waals surface area contributed by atoms with Crippen molar-refractivity contribution in [2.75, 3.05) is 0 Å². The van der Waals surface area contributed by atoms with Gasteiger partial charge < -0.3 is 15.0 Å².